The van der Waals surface area contributed by atoms with Gasteiger partial charge < -0.3 is 5.32 Å². The predicted octanol–water partition coefficient (Wildman–Crippen LogP) is 3.09. The van der Waals surface area contributed by atoms with Crippen molar-refractivity contribution in [1.29, 1.82) is 0 Å². The molecule has 94 valence electrons. The van der Waals surface area contributed by atoms with Crippen LogP contribution in [-0.2, 0) is 4.79 Å². The first-order chi connectivity index (χ1) is 8.35. The van der Waals surface area contributed by atoms with Crippen LogP contribution in [0.5, 0.6) is 0 Å². The summed E-state index contributed by atoms with van der Waals surface area (Å²) in [4.78, 5) is 11.0. The molecule has 2 aromatic rings. The normalized spacial score (nSPS) is 9.61. The highest BCUT2D eigenvalue weighted by Crippen LogP contribution is 2.21. The second kappa shape index (κ2) is 6.97. The van der Waals surface area contributed by atoms with Crippen LogP contribution < -0.4 is 5.32 Å². The molecule has 0 spiro atoms. The molecule has 1 N–H and O–H groups in total. The van der Waals surface area contributed by atoms with Crippen molar-refractivity contribution in [2.75, 3.05) is 13.6 Å². The maximum atomic E-state index is 11.0. The van der Waals surface area contributed by atoms with E-state index in [0.717, 1.165) is 23.1 Å². The van der Waals surface area contributed by atoms with Gasteiger partial charge in [0.15, 0.2) is 0 Å². The molecule has 0 saturated carbocycles. The summed E-state index contributed by atoms with van der Waals surface area (Å²) in [6.45, 7) is 0.789. The molecular weight excluding hydrogens is 246 g/mol. The highest BCUT2D eigenvalue weighted by Gasteiger charge is 2.03. The molecule has 2 aromatic carbocycles. The molecule has 0 radical (unpaired) electrons. The van der Waals surface area contributed by atoms with Gasteiger partial charge in [-0.2, -0.15) is 0 Å². The van der Waals surface area contributed by atoms with Crippen molar-refractivity contribution >= 4 is 34.7 Å². The molecule has 0 unspecified atom stereocenters. The fourth-order valence-corrected chi connectivity index (χ4v) is 1.88. The van der Waals surface area contributed by atoms with Gasteiger partial charge in [0.05, 0.1) is 0 Å². The van der Waals surface area contributed by atoms with Crippen LogP contribution in [0.25, 0.3) is 16.3 Å². The van der Waals surface area contributed by atoms with Gasteiger partial charge in [-0.1, -0.05) is 36.4 Å². The van der Waals surface area contributed by atoms with E-state index in [1.54, 1.807) is 0 Å². The third-order valence-corrected chi connectivity index (χ3v) is 2.85. The third kappa shape index (κ3) is 3.21. The SMILES string of the molecule is CNCCC(=C=O)c1ccc2ccccc2c1.Cl. The van der Waals surface area contributed by atoms with Crippen molar-refractivity contribution in [2.24, 2.45) is 0 Å². The van der Waals surface area contributed by atoms with Gasteiger partial charge >= 0.3 is 0 Å². The Hall–Kier alpha value is -1.60. The van der Waals surface area contributed by atoms with E-state index in [1.165, 1.54) is 5.39 Å². The molecular formula is C15H16ClNO. The van der Waals surface area contributed by atoms with Crippen LogP contribution in [0, 0.1) is 0 Å². The Bertz CT molecular complexity index is 573. The Kier molecular flexibility index (Phi) is 5.60. The summed E-state index contributed by atoms with van der Waals surface area (Å²) in [7, 11) is 1.88. The Labute approximate surface area is 113 Å². The maximum Gasteiger partial charge on any atom is 0.128 e. The van der Waals surface area contributed by atoms with E-state index >= 15 is 0 Å². The van der Waals surface area contributed by atoms with Crippen molar-refractivity contribution in [2.45, 2.75) is 6.42 Å². The Morgan fingerprint density at radius 3 is 2.56 bits per heavy atom. The molecule has 2 rings (SSSR count). The number of hydrogen-bond acceptors (Lipinski definition) is 2. The number of fused-ring (bicyclic) bond motifs is 1. The van der Waals surface area contributed by atoms with Crippen LogP contribution in [0.2, 0.25) is 0 Å². The van der Waals surface area contributed by atoms with Gasteiger partial charge in [-0.3, -0.25) is 0 Å². The van der Waals surface area contributed by atoms with Crippen LogP contribution in [0.1, 0.15) is 12.0 Å². The van der Waals surface area contributed by atoms with Gasteiger partial charge in [0, 0.05) is 5.57 Å². The van der Waals surface area contributed by atoms with Crippen LogP contribution >= 0.6 is 12.4 Å². The first kappa shape index (κ1) is 14.5. The van der Waals surface area contributed by atoms with Crippen LogP contribution in [-0.4, -0.2) is 19.5 Å². The van der Waals surface area contributed by atoms with Crippen molar-refractivity contribution in [3.63, 3.8) is 0 Å². The molecule has 3 heteroatoms. The van der Waals surface area contributed by atoms with Crippen molar-refractivity contribution in [3.8, 4) is 0 Å². The molecule has 2 nitrogen and oxygen atoms in total. The van der Waals surface area contributed by atoms with E-state index in [4.69, 9.17) is 0 Å². The maximum absolute atomic E-state index is 11.0. The van der Waals surface area contributed by atoms with E-state index in [2.05, 4.69) is 17.4 Å². The zero-order valence-corrected chi connectivity index (χ0v) is 11.1. The minimum absolute atomic E-state index is 0. The first-order valence-electron chi connectivity index (χ1n) is 5.73. The summed E-state index contributed by atoms with van der Waals surface area (Å²) in [5.41, 5.74) is 1.69. The van der Waals surface area contributed by atoms with Crippen molar-refractivity contribution in [1.82, 2.24) is 5.32 Å². The molecule has 0 aromatic heterocycles. The predicted molar refractivity (Wildman–Crippen MR) is 78.8 cm³/mol. The topological polar surface area (TPSA) is 29.1 Å². The molecule has 0 aliphatic rings. The summed E-state index contributed by atoms with van der Waals surface area (Å²) in [6.07, 6.45) is 0.707. The number of nitrogens with one attached hydrogen (secondary N) is 1. The molecule has 18 heavy (non-hydrogen) atoms. The lowest BCUT2D eigenvalue weighted by atomic mass is 10.0. The van der Waals surface area contributed by atoms with Crippen LogP contribution in [0.4, 0.5) is 0 Å². The summed E-state index contributed by atoms with van der Waals surface area (Å²) >= 11 is 0. The fraction of sp³-hybridized carbons (Fsp3) is 0.200. The Morgan fingerprint density at radius 1 is 1.17 bits per heavy atom. The highest BCUT2D eigenvalue weighted by molar-refractivity contribution is 5.92. The molecule has 0 heterocycles. The summed E-state index contributed by atoms with van der Waals surface area (Å²) in [5.74, 6) is 2.04. The third-order valence-electron chi connectivity index (χ3n) is 2.85. The van der Waals surface area contributed by atoms with Gasteiger partial charge in [-0.05, 0) is 42.4 Å². The zero-order valence-electron chi connectivity index (χ0n) is 10.3. The minimum atomic E-state index is 0. The van der Waals surface area contributed by atoms with E-state index in [0.29, 0.717) is 6.42 Å². The molecule has 0 saturated heterocycles. The second-order valence-corrected chi connectivity index (χ2v) is 4.00. The quantitative estimate of drug-likeness (QED) is 0.857. The fourth-order valence-electron chi connectivity index (χ4n) is 1.88. The van der Waals surface area contributed by atoms with Gasteiger partial charge in [-0.15, -0.1) is 12.4 Å². The number of carbonyl (C=O) groups excluding carboxylic acids is 1. The number of rotatable bonds is 4. The van der Waals surface area contributed by atoms with E-state index in [1.807, 2.05) is 43.3 Å². The first-order valence-corrected chi connectivity index (χ1v) is 5.73. The lowest BCUT2D eigenvalue weighted by Crippen LogP contribution is -2.08. The Morgan fingerprint density at radius 2 is 1.89 bits per heavy atom. The molecule has 0 bridgehead atoms. The summed E-state index contributed by atoms with van der Waals surface area (Å²) in [5, 5.41) is 5.38. The zero-order chi connectivity index (χ0) is 12.1. The van der Waals surface area contributed by atoms with Crippen LogP contribution in [0.3, 0.4) is 0 Å². The monoisotopic (exact) mass is 261 g/mol. The molecule has 0 atom stereocenters. The van der Waals surface area contributed by atoms with Gasteiger partial charge in [-0.25, -0.2) is 4.79 Å². The molecule has 0 aliphatic carbocycles. The number of benzene rings is 2. The summed E-state index contributed by atoms with van der Waals surface area (Å²) in [6, 6.07) is 14.2. The van der Waals surface area contributed by atoms with Crippen molar-refractivity contribution < 1.29 is 4.79 Å². The smallest absolute Gasteiger partial charge is 0.128 e. The van der Waals surface area contributed by atoms with Crippen LogP contribution in [0.15, 0.2) is 42.5 Å². The molecule has 0 amide bonds. The van der Waals surface area contributed by atoms with E-state index < -0.39 is 0 Å². The van der Waals surface area contributed by atoms with E-state index in [9.17, 15) is 4.79 Å². The largest absolute Gasteiger partial charge is 0.319 e. The summed E-state index contributed by atoms with van der Waals surface area (Å²) < 4.78 is 0. The molecule has 0 aliphatic heterocycles. The van der Waals surface area contributed by atoms with Crippen molar-refractivity contribution in [3.05, 3.63) is 48.0 Å². The average molecular weight is 262 g/mol. The van der Waals surface area contributed by atoms with Gasteiger partial charge in [0.25, 0.3) is 0 Å². The van der Waals surface area contributed by atoms with Gasteiger partial charge in [0.1, 0.15) is 5.94 Å². The average Bonchev–Trinajstić information content (AvgIpc) is 2.39. The number of halogens is 1. The second-order valence-electron chi connectivity index (χ2n) is 4.00. The lowest BCUT2D eigenvalue weighted by Gasteiger charge is -2.05. The minimum Gasteiger partial charge on any atom is -0.319 e. The standard InChI is InChI=1S/C15H15NO.ClH/c1-16-9-8-15(11-17)14-7-6-12-4-2-3-5-13(12)10-14;/h2-7,10,16H,8-9H2,1H3;1H. The number of hydrogen-bond donors (Lipinski definition) is 1. The lowest BCUT2D eigenvalue weighted by molar-refractivity contribution is 0.569. The Balaban J connectivity index is 0.00000162. The van der Waals surface area contributed by atoms with Gasteiger partial charge in [0.2, 0.25) is 0 Å². The van der Waals surface area contributed by atoms with E-state index in [-0.39, 0.29) is 12.4 Å². The highest BCUT2D eigenvalue weighted by atomic mass is 35.5. The molecule has 0 fully saturated rings.